The van der Waals surface area contributed by atoms with Crippen LogP contribution in [-0.4, -0.2) is 36.0 Å². The smallest absolute Gasteiger partial charge is 0.304 e. The van der Waals surface area contributed by atoms with Crippen molar-refractivity contribution in [3.63, 3.8) is 0 Å². The summed E-state index contributed by atoms with van der Waals surface area (Å²) in [5.74, 6) is -2.62. The number of likely N-dealkylation sites (N-methyl/N-ethyl adjacent to an activating group) is 1. The van der Waals surface area contributed by atoms with Crippen LogP contribution in [0, 0.1) is 16.7 Å². The Balaban J connectivity index is 1.84. The van der Waals surface area contributed by atoms with Crippen LogP contribution in [0.1, 0.15) is 44.2 Å². The maximum Gasteiger partial charge on any atom is 0.304 e. The summed E-state index contributed by atoms with van der Waals surface area (Å²) in [4.78, 5) is 37.0. The number of carbonyl (C=O) groups excluding carboxylic acids is 2. The Bertz CT molecular complexity index is 1280. The molecular weight excluding hydrogens is 458 g/mol. The summed E-state index contributed by atoms with van der Waals surface area (Å²) in [6.07, 6.45) is 0.927. The van der Waals surface area contributed by atoms with Crippen molar-refractivity contribution in [2.75, 3.05) is 7.05 Å². The van der Waals surface area contributed by atoms with Gasteiger partial charge < -0.3 is 20.2 Å². The number of nitrogens with one attached hydrogen (secondary N) is 2. The summed E-state index contributed by atoms with van der Waals surface area (Å²) < 4.78 is 5.69. The van der Waals surface area contributed by atoms with E-state index in [1.54, 1.807) is 18.2 Å². The third-order valence-electron chi connectivity index (χ3n) is 5.90. The fourth-order valence-corrected chi connectivity index (χ4v) is 3.85. The number of nitriles is 1. The van der Waals surface area contributed by atoms with E-state index in [1.165, 1.54) is 13.3 Å². The molecule has 1 aromatic heterocycles. The first-order chi connectivity index (χ1) is 17.0. The molecule has 2 amide bonds. The molecule has 36 heavy (non-hydrogen) atoms. The summed E-state index contributed by atoms with van der Waals surface area (Å²) in [5, 5.41) is 23.7. The third kappa shape index (κ3) is 6.19. The molecule has 0 aliphatic rings. The number of amides is 2. The average molecular weight is 488 g/mol. The topological polar surface area (TPSA) is 132 Å². The minimum atomic E-state index is -1.14. The Morgan fingerprint density at radius 3 is 2.03 bits per heavy atom. The summed E-state index contributed by atoms with van der Waals surface area (Å²) in [5.41, 5.74) is 3.09. The molecule has 0 unspecified atom stereocenters. The van der Waals surface area contributed by atoms with Gasteiger partial charge in [-0.3, -0.25) is 14.4 Å². The summed E-state index contributed by atoms with van der Waals surface area (Å²) >= 11 is 0. The van der Waals surface area contributed by atoms with Crippen LogP contribution in [0.15, 0.2) is 65.3 Å². The molecule has 0 spiro atoms. The highest BCUT2D eigenvalue weighted by Gasteiger charge is 2.35. The number of aliphatic carboxylic acids is 1. The van der Waals surface area contributed by atoms with Crippen molar-refractivity contribution >= 4 is 17.8 Å². The Labute approximate surface area is 209 Å². The monoisotopic (exact) mass is 487 g/mol. The number of nitrogens with zero attached hydrogens (tertiary/aromatic N) is 1. The zero-order valence-electron chi connectivity index (χ0n) is 20.7. The van der Waals surface area contributed by atoms with Crippen molar-refractivity contribution in [1.29, 1.82) is 5.26 Å². The molecule has 0 saturated heterocycles. The van der Waals surface area contributed by atoms with Crippen LogP contribution in [0.4, 0.5) is 0 Å². The summed E-state index contributed by atoms with van der Waals surface area (Å²) in [6, 6.07) is 17.7. The molecule has 8 heteroatoms. The lowest BCUT2D eigenvalue weighted by Crippen LogP contribution is -2.54. The van der Waals surface area contributed by atoms with Crippen LogP contribution < -0.4 is 10.6 Å². The number of carboxylic acids is 1. The van der Waals surface area contributed by atoms with Crippen LogP contribution in [0.2, 0.25) is 0 Å². The zero-order chi connectivity index (χ0) is 26.5. The maximum atomic E-state index is 13.1. The highest BCUT2D eigenvalue weighted by Crippen LogP contribution is 2.31. The fourth-order valence-electron chi connectivity index (χ4n) is 3.85. The first kappa shape index (κ1) is 26.2. The first-order valence-electron chi connectivity index (χ1n) is 11.5. The van der Waals surface area contributed by atoms with Gasteiger partial charge in [0, 0.05) is 18.2 Å². The van der Waals surface area contributed by atoms with Gasteiger partial charge in [0.25, 0.3) is 0 Å². The maximum absolute atomic E-state index is 13.1. The molecule has 0 saturated carbocycles. The largest absolute Gasteiger partial charge is 0.481 e. The van der Waals surface area contributed by atoms with E-state index in [0.717, 1.165) is 16.7 Å². The van der Waals surface area contributed by atoms with Gasteiger partial charge in [0.1, 0.15) is 11.8 Å². The van der Waals surface area contributed by atoms with E-state index in [1.807, 2.05) is 57.2 Å². The van der Waals surface area contributed by atoms with E-state index in [9.17, 15) is 19.5 Å². The molecule has 0 fully saturated rings. The van der Waals surface area contributed by atoms with Crippen LogP contribution in [0.3, 0.4) is 0 Å². The number of hydrogen-bond acceptors (Lipinski definition) is 5. The van der Waals surface area contributed by atoms with Gasteiger partial charge in [0.05, 0.1) is 30.2 Å². The van der Waals surface area contributed by atoms with E-state index in [4.69, 9.17) is 9.68 Å². The molecule has 3 aromatic rings. The van der Waals surface area contributed by atoms with E-state index in [-0.39, 0.29) is 5.91 Å². The highest BCUT2D eigenvalue weighted by molar-refractivity contribution is 5.93. The van der Waals surface area contributed by atoms with Gasteiger partial charge in [-0.1, -0.05) is 57.2 Å². The lowest BCUT2D eigenvalue weighted by atomic mass is 9.85. The number of hydrogen-bond donors (Lipinski definition) is 3. The highest BCUT2D eigenvalue weighted by atomic mass is 16.4. The van der Waals surface area contributed by atoms with Crippen molar-refractivity contribution in [2.24, 2.45) is 5.41 Å². The van der Waals surface area contributed by atoms with Gasteiger partial charge in [0.15, 0.2) is 0 Å². The lowest BCUT2D eigenvalue weighted by Gasteiger charge is -2.31. The minimum absolute atomic E-state index is 0.361. The van der Waals surface area contributed by atoms with Crippen LogP contribution >= 0.6 is 0 Å². The molecule has 8 nitrogen and oxygen atoms in total. The third-order valence-corrected chi connectivity index (χ3v) is 5.90. The first-order valence-corrected chi connectivity index (χ1v) is 11.5. The number of rotatable bonds is 8. The fraction of sp³-hybridized carbons (Fsp3) is 0.286. The Kier molecular flexibility index (Phi) is 7.95. The van der Waals surface area contributed by atoms with E-state index >= 15 is 0 Å². The van der Waals surface area contributed by atoms with Gasteiger partial charge in [-0.25, -0.2) is 0 Å². The molecule has 2 aromatic carbocycles. The molecule has 0 aliphatic carbocycles. The molecule has 0 radical (unpaired) electrons. The number of carbonyl (C=O) groups is 3. The molecular formula is C28H29N3O5. The summed E-state index contributed by atoms with van der Waals surface area (Å²) in [6.45, 7) is 5.45. The van der Waals surface area contributed by atoms with Crippen LogP contribution in [-0.2, 0) is 14.4 Å². The molecule has 1 heterocycles. The second kappa shape index (κ2) is 10.9. The SMILES string of the molecule is CNC(=O)[C@@H](NC(=O)[C@@H](CC(=O)O)c1coc(-c2ccc(-c3ccc(C#N)cc3)cc2)c1)C(C)(C)C. The number of carboxylic acid groups (broad SMARTS) is 1. The van der Waals surface area contributed by atoms with Crippen LogP contribution in [0.25, 0.3) is 22.5 Å². The standard InChI is InChI=1S/C28H29N3O5/c1-28(2,3)25(27(35)30-4)31-26(34)22(14-24(32)33)21-13-23(36-16-21)20-11-9-19(10-12-20)18-7-5-17(15-29)6-8-18/h5-13,16,22,25H,14H2,1-4H3,(H,30,35)(H,31,34)(H,32,33)/t22-,25+/m0/s1. The zero-order valence-corrected chi connectivity index (χ0v) is 20.7. The number of furan rings is 1. The molecule has 3 N–H and O–H groups in total. The second-order valence-corrected chi connectivity index (χ2v) is 9.58. The molecule has 3 rings (SSSR count). The predicted octanol–water partition coefficient (Wildman–Crippen LogP) is 4.32. The van der Waals surface area contributed by atoms with Crippen molar-refractivity contribution in [3.8, 4) is 28.5 Å². The van der Waals surface area contributed by atoms with Gasteiger partial charge in [-0.05, 0) is 34.7 Å². The van der Waals surface area contributed by atoms with Gasteiger partial charge in [-0.2, -0.15) is 5.26 Å². The van der Waals surface area contributed by atoms with Gasteiger partial charge in [-0.15, -0.1) is 0 Å². The Hall–Kier alpha value is -4.38. The molecule has 186 valence electrons. The van der Waals surface area contributed by atoms with Crippen molar-refractivity contribution < 1.29 is 23.9 Å². The minimum Gasteiger partial charge on any atom is -0.481 e. The van der Waals surface area contributed by atoms with Crippen molar-refractivity contribution in [2.45, 2.75) is 39.2 Å². The van der Waals surface area contributed by atoms with Crippen molar-refractivity contribution in [1.82, 2.24) is 10.6 Å². The van der Waals surface area contributed by atoms with E-state index < -0.39 is 35.7 Å². The Morgan fingerprint density at radius 2 is 1.53 bits per heavy atom. The second-order valence-electron chi connectivity index (χ2n) is 9.58. The van der Waals surface area contributed by atoms with Gasteiger partial charge in [0.2, 0.25) is 11.8 Å². The van der Waals surface area contributed by atoms with Gasteiger partial charge >= 0.3 is 5.97 Å². The molecule has 0 aliphatic heterocycles. The normalized spacial score (nSPS) is 12.8. The van der Waals surface area contributed by atoms with E-state index in [2.05, 4.69) is 16.7 Å². The van der Waals surface area contributed by atoms with Crippen molar-refractivity contribution in [3.05, 3.63) is 72.0 Å². The molecule has 2 atom stereocenters. The predicted molar refractivity (Wildman–Crippen MR) is 135 cm³/mol. The van der Waals surface area contributed by atoms with Crippen LogP contribution in [0.5, 0.6) is 0 Å². The number of benzene rings is 2. The Morgan fingerprint density at radius 1 is 0.972 bits per heavy atom. The average Bonchev–Trinajstić information content (AvgIpc) is 3.34. The summed E-state index contributed by atoms with van der Waals surface area (Å²) in [7, 11) is 1.48. The molecule has 0 bridgehead atoms. The lowest BCUT2D eigenvalue weighted by molar-refractivity contribution is -0.140. The van der Waals surface area contributed by atoms with E-state index in [0.29, 0.717) is 16.9 Å². The quantitative estimate of drug-likeness (QED) is 0.433.